The largest absolute Gasteiger partial charge is 0.375 e. The molecule has 100 valence electrons. The van der Waals surface area contributed by atoms with Crippen molar-refractivity contribution in [3.8, 4) is 11.3 Å². The maximum Gasteiger partial charge on any atom is 0.156 e. The third-order valence-electron chi connectivity index (χ3n) is 2.96. The van der Waals surface area contributed by atoms with E-state index >= 15 is 0 Å². The van der Waals surface area contributed by atoms with Gasteiger partial charge in [0.2, 0.25) is 0 Å². The number of aromatic nitrogens is 1. The Hall–Kier alpha value is -2.62. The highest BCUT2D eigenvalue weighted by Gasteiger charge is 2.07. The van der Waals surface area contributed by atoms with Gasteiger partial charge in [0.25, 0.3) is 0 Å². The number of nitrogens with zero attached hydrogens (tertiary/aromatic N) is 1. The zero-order valence-electron chi connectivity index (χ0n) is 10.7. The second-order valence-corrected chi connectivity index (χ2v) is 4.38. The van der Waals surface area contributed by atoms with Crippen LogP contribution in [-0.2, 0) is 6.54 Å². The van der Waals surface area contributed by atoms with Crippen LogP contribution in [0.2, 0.25) is 0 Å². The molecule has 0 amide bonds. The fraction of sp³-hybridized carbons (Fsp3) is 0.0625. The van der Waals surface area contributed by atoms with Gasteiger partial charge in [-0.05, 0) is 12.1 Å². The summed E-state index contributed by atoms with van der Waals surface area (Å²) in [5.74, 6) is 0.377. The first-order valence-corrected chi connectivity index (χ1v) is 6.32. The van der Waals surface area contributed by atoms with Crippen molar-refractivity contribution in [1.29, 1.82) is 0 Å². The molecule has 1 aromatic heterocycles. The smallest absolute Gasteiger partial charge is 0.156 e. The quantitative estimate of drug-likeness (QED) is 0.774. The van der Waals surface area contributed by atoms with Crippen LogP contribution >= 0.6 is 0 Å². The lowest BCUT2D eigenvalue weighted by molar-refractivity contribution is 0.390. The Morgan fingerprint density at radius 2 is 1.75 bits per heavy atom. The molecule has 0 aliphatic rings. The monoisotopic (exact) mass is 268 g/mol. The van der Waals surface area contributed by atoms with E-state index < -0.39 is 0 Å². The topological polar surface area (TPSA) is 38.1 Å². The Bertz CT molecular complexity index is 694. The molecule has 0 saturated heterocycles. The van der Waals surface area contributed by atoms with Gasteiger partial charge in [-0.15, -0.1) is 0 Å². The minimum absolute atomic E-state index is 0.282. The lowest BCUT2D eigenvalue weighted by Crippen LogP contribution is -1.99. The average Bonchev–Trinajstić information content (AvgIpc) is 2.96. The van der Waals surface area contributed by atoms with Crippen molar-refractivity contribution in [2.24, 2.45) is 0 Å². The molecule has 0 aliphatic carbocycles. The molecule has 0 saturated carbocycles. The van der Waals surface area contributed by atoms with Gasteiger partial charge in [-0.3, -0.25) is 0 Å². The summed E-state index contributed by atoms with van der Waals surface area (Å²) in [6, 6.07) is 18.2. The Kier molecular flexibility index (Phi) is 3.46. The summed E-state index contributed by atoms with van der Waals surface area (Å²) in [6.07, 6.45) is 0. The van der Waals surface area contributed by atoms with Gasteiger partial charge in [0.05, 0.1) is 12.2 Å². The van der Waals surface area contributed by atoms with E-state index in [0.29, 0.717) is 18.0 Å². The van der Waals surface area contributed by atoms with Gasteiger partial charge in [-0.2, -0.15) is 0 Å². The summed E-state index contributed by atoms with van der Waals surface area (Å²) >= 11 is 0. The molecule has 20 heavy (non-hydrogen) atoms. The third kappa shape index (κ3) is 2.69. The normalized spacial score (nSPS) is 10.4. The predicted octanol–water partition coefficient (Wildman–Crippen LogP) is 4.09. The van der Waals surface area contributed by atoms with Gasteiger partial charge in [-0.25, -0.2) is 4.39 Å². The molecular formula is C16H13FN2O. The van der Waals surface area contributed by atoms with Crippen LogP contribution in [-0.4, -0.2) is 5.16 Å². The van der Waals surface area contributed by atoms with E-state index in [4.69, 9.17) is 4.52 Å². The number of hydrogen-bond acceptors (Lipinski definition) is 3. The van der Waals surface area contributed by atoms with Crippen LogP contribution in [0.4, 0.5) is 10.1 Å². The first kappa shape index (κ1) is 12.4. The minimum atomic E-state index is -0.282. The van der Waals surface area contributed by atoms with E-state index in [0.717, 1.165) is 11.3 Å². The Morgan fingerprint density at radius 3 is 2.55 bits per heavy atom. The van der Waals surface area contributed by atoms with Crippen molar-refractivity contribution < 1.29 is 8.91 Å². The van der Waals surface area contributed by atoms with Gasteiger partial charge in [0.1, 0.15) is 11.5 Å². The van der Waals surface area contributed by atoms with Crippen molar-refractivity contribution in [3.05, 3.63) is 72.2 Å². The van der Waals surface area contributed by atoms with Crippen molar-refractivity contribution in [1.82, 2.24) is 5.16 Å². The predicted molar refractivity (Wildman–Crippen MR) is 75.7 cm³/mol. The lowest BCUT2D eigenvalue weighted by atomic mass is 10.1. The molecule has 0 aliphatic heterocycles. The second kappa shape index (κ2) is 5.57. The lowest BCUT2D eigenvalue weighted by Gasteiger charge is -2.04. The van der Waals surface area contributed by atoms with E-state index in [2.05, 4.69) is 10.5 Å². The molecule has 1 heterocycles. The van der Waals surface area contributed by atoms with Gasteiger partial charge < -0.3 is 9.84 Å². The van der Waals surface area contributed by atoms with Crippen LogP contribution in [0, 0.1) is 5.82 Å². The fourth-order valence-corrected chi connectivity index (χ4v) is 1.93. The SMILES string of the molecule is Fc1ccccc1NCc1cc(-c2ccccc2)no1. The first-order chi connectivity index (χ1) is 9.83. The number of hydrogen-bond donors (Lipinski definition) is 1. The molecule has 0 radical (unpaired) electrons. The summed E-state index contributed by atoms with van der Waals surface area (Å²) in [5, 5.41) is 7.00. The van der Waals surface area contributed by atoms with E-state index in [1.807, 2.05) is 36.4 Å². The van der Waals surface area contributed by atoms with E-state index in [1.54, 1.807) is 18.2 Å². The van der Waals surface area contributed by atoms with Crippen molar-refractivity contribution >= 4 is 5.69 Å². The number of rotatable bonds is 4. The van der Waals surface area contributed by atoms with Gasteiger partial charge >= 0.3 is 0 Å². The summed E-state index contributed by atoms with van der Waals surface area (Å²) in [7, 11) is 0. The Morgan fingerprint density at radius 1 is 1.00 bits per heavy atom. The average molecular weight is 268 g/mol. The van der Waals surface area contributed by atoms with Crippen molar-refractivity contribution in [3.63, 3.8) is 0 Å². The molecule has 3 nitrogen and oxygen atoms in total. The summed E-state index contributed by atoms with van der Waals surface area (Å²) in [6.45, 7) is 0.390. The number of halogens is 1. The van der Waals surface area contributed by atoms with Crippen LogP contribution in [0.15, 0.2) is 65.2 Å². The molecule has 4 heteroatoms. The highest BCUT2D eigenvalue weighted by molar-refractivity contribution is 5.58. The molecule has 0 bridgehead atoms. The molecule has 2 aromatic carbocycles. The molecule has 1 N–H and O–H groups in total. The molecule has 0 spiro atoms. The Labute approximate surface area is 116 Å². The molecular weight excluding hydrogens is 255 g/mol. The maximum atomic E-state index is 13.5. The third-order valence-corrected chi connectivity index (χ3v) is 2.96. The van der Waals surface area contributed by atoms with Crippen LogP contribution < -0.4 is 5.32 Å². The van der Waals surface area contributed by atoms with Crippen LogP contribution in [0.25, 0.3) is 11.3 Å². The van der Waals surface area contributed by atoms with Crippen molar-refractivity contribution in [2.45, 2.75) is 6.54 Å². The van der Waals surface area contributed by atoms with E-state index in [1.165, 1.54) is 6.07 Å². The fourth-order valence-electron chi connectivity index (χ4n) is 1.93. The minimum Gasteiger partial charge on any atom is -0.375 e. The van der Waals surface area contributed by atoms with E-state index in [9.17, 15) is 4.39 Å². The summed E-state index contributed by atoms with van der Waals surface area (Å²) in [4.78, 5) is 0. The van der Waals surface area contributed by atoms with Gasteiger partial charge in [0, 0.05) is 11.6 Å². The highest BCUT2D eigenvalue weighted by atomic mass is 19.1. The van der Waals surface area contributed by atoms with Crippen LogP contribution in [0.3, 0.4) is 0 Å². The zero-order chi connectivity index (χ0) is 13.8. The molecule has 0 fully saturated rings. The molecule has 0 atom stereocenters. The van der Waals surface area contributed by atoms with Gasteiger partial charge in [-0.1, -0.05) is 47.6 Å². The van der Waals surface area contributed by atoms with Crippen molar-refractivity contribution in [2.75, 3.05) is 5.32 Å². The molecule has 0 unspecified atom stereocenters. The Balaban J connectivity index is 1.71. The highest BCUT2D eigenvalue weighted by Crippen LogP contribution is 2.20. The summed E-state index contributed by atoms with van der Waals surface area (Å²) in [5.41, 5.74) is 2.22. The second-order valence-electron chi connectivity index (χ2n) is 4.38. The van der Waals surface area contributed by atoms with E-state index in [-0.39, 0.29) is 5.82 Å². The van der Waals surface area contributed by atoms with Gasteiger partial charge in [0.15, 0.2) is 5.76 Å². The van der Waals surface area contributed by atoms with Crippen LogP contribution in [0.1, 0.15) is 5.76 Å². The number of para-hydroxylation sites is 1. The zero-order valence-corrected chi connectivity index (χ0v) is 10.7. The number of benzene rings is 2. The number of nitrogens with one attached hydrogen (secondary N) is 1. The van der Waals surface area contributed by atoms with Crippen LogP contribution in [0.5, 0.6) is 0 Å². The number of anilines is 1. The maximum absolute atomic E-state index is 13.5. The first-order valence-electron chi connectivity index (χ1n) is 6.32. The molecule has 3 rings (SSSR count). The molecule has 3 aromatic rings. The standard InChI is InChI=1S/C16H13FN2O/c17-14-8-4-5-9-15(14)18-11-13-10-16(19-20-13)12-6-2-1-3-7-12/h1-10,18H,11H2. The summed E-state index contributed by atoms with van der Waals surface area (Å²) < 4.78 is 18.7.